The highest BCUT2D eigenvalue weighted by Crippen LogP contribution is 2.19. The van der Waals surface area contributed by atoms with Gasteiger partial charge in [0.2, 0.25) is 11.8 Å². The average Bonchev–Trinajstić information content (AvgIpc) is 2.53. The maximum Gasteiger partial charge on any atom is 0.242 e. The van der Waals surface area contributed by atoms with Gasteiger partial charge in [0, 0.05) is 33.1 Å². The Morgan fingerprint density at radius 1 is 1.18 bits per heavy atom. The van der Waals surface area contributed by atoms with Gasteiger partial charge < -0.3 is 14.7 Å². The molecule has 6 heteroatoms. The molecule has 0 unspecified atom stereocenters. The zero-order chi connectivity index (χ0) is 16.1. The second-order valence-electron chi connectivity index (χ2n) is 5.37. The molecule has 1 saturated heterocycles. The molecule has 0 radical (unpaired) electrons. The van der Waals surface area contributed by atoms with Crippen LogP contribution in [0.1, 0.15) is 13.8 Å². The fraction of sp³-hybridized carbons (Fsp3) is 0.500. The fourth-order valence-electron chi connectivity index (χ4n) is 2.59. The molecule has 1 aliphatic heterocycles. The van der Waals surface area contributed by atoms with Crippen LogP contribution in [0.4, 0.5) is 10.1 Å². The van der Waals surface area contributed by atoms with Crippen LogP contribution in [0.3, 0.4) is 0 Å². The number of anilines is 1. The van der Waals surface area contributed by atoms with Gasteiger partial charge in [-0.15, -0.1) is 0 Å². The van der Waals surface area contributed by atoms with Crippen molar-refractivity contribution in [3.8, 4) is 0 Å². The molecule has 1 aromatic rings. The van der Waals surface area contributed by atoms with E-state index in [4.69, 9.17) is 0 Å². The van der Waals surface area contributed by atoms with Gasteiger partial charge in [-0.2, -0.15) is 0 Å². The Morgan fingerprint density at radius 3 is 2.36 bits per heavy atom. The Labute approximate surface area is 130 Å². The standard InChI is InChI=1S/C16H22FN3O2/c1-3-18-8-10-19(11-9-18)16(22)12-20(13(2)21)15-7-5-4-6-14(15)17/h4-7H,3,8-12H2,1-2H3. The number of hydrogen-bond donors (Lipinski definition) is 0. The van der Waals surface area contributed by atoms with E-state index in [1.165, 1.54) is 24.0 Å². The Balaban J connectivity index is 2.04. The molecule has 22 heavy (non-hydrogen) atoms. The van der Waals surface area contributed by atoms with Crippen molar-refractivity contribution in [2.45, 2.75) is 13.8 Å². The molecule has 1 aliphatic rings. The van der Waals surface area contributed by atoms with Crippen LogP contribution in [0, 0.1) is 5.82 Å². The van der Waals surface area contributed by atoms with E-state index in [9.17, 15) is 14.0 Å². The van der Waals surface area contributed by atoms with Crippen molar-refractivity contribution >= 4 is 17.5 Å². The first-order valence-electron chi connectivity index (χ1n) is 7.55. The van der Waals surface area contributed by atoms with E-state index in [-0.39, 0.29) is 24.0 Å². The molecule has 1 fully saturated rings. The summed E-state index contributed by atoms with van der Waals surface area (Å²) in [4.78, 5) is 29.4. The largest absolute Gasteiger partial charge is 0.339 e. The van der Waals surface area contributed by atoms with E-state index in [0.717, 1.165) is 19.6 Å². The van der Waals surface area contributed by atoms with Crippen LogP contribution in [0.25, 0.3) is 0 Å². The van der Waals surface area contributed by atoms with Gasteiger partial charge in [0.1, 0.15) is 12.4 Å². The summed E-state index contributed by atoms with van der Waals surface area (Å²) in [5.74, 6) is -0.985. The Hall–Kier alpha value is -1.95. The molecular weight excluding hydrogens is 285 g/mol. The van der Waals surface area contributed by atoms with Crippen molar-refractivity contribution in [1.29, 1.82) is 0 Å². The maximum atomic E-state index is 13.9. The van der Waals surface area contributed by atoms with Crippen molar-refractivity contribution < 1.29 is 14.0 Å². The van der Waals surface area contributed by atoms with Gasteiger partial charge in [0.15, 0.2) is 0 Å². The van der Waals surface area contributed by atoms with E-state index >= 15 is 0 Å². The molecule has 0 atom stereocenters. The molecule has 0 spiro atoms. The summed E-state index contributed by atoms with van der Waals surface area (Å²) in [5, 5.41) is 0. The molecule has 120 valence electrons. The lowest BCUT2D eigenvalue weighted by atomic mass is 10.2. The summed E-state index contributed by atoms with van der Waals surface area (Å²) in [5.41, 5.74) is 0.149. The fourth-order valence-corrected chi connectivity index (χ4v) is 2.59. The van der Waals surface area contributed by atoms with Crippen molar-refractivity contribution in [3.05, 3.63) is 30.1 Å². The van der Waals surface area contributed by atoms with E-state index in [2.05, 4.69) is 11.8 Å². The van der Waals surface area contributed by atoms with Crippen LogP contribution in [0.5, 0.6) is 0 Å². The minimum absolute atomic E-state index is 0.123. The number of piperazine rings is 1. The minimum Gasteiger partial charge on any atom is -0.339 e. The van der Waals surface area contributed by atoms with Crippen LogP contribution in [0.2, 0.25) is 0 Å². The van der Waals surface area contributed by atoms with E-state index in [1.54, 1.807) is 17.0 Å². The van der Waals surface area contributed by atoms with Gasteiger partial charge in [-0.1, -0.05) is 19.1 Å². The van der Waals surface area contributed by atoms with Gasteiger partial charge in [0.25, 0.3) is 0 Å². The lowest BCUT2D eigenvalue weighted by Gasteiger charge is -2.35. The summed E-state index contributed by atoms with van der Waals surface area (Å²) in [7, 11) is 0. The highest BCUT2D eigenvalue weighted by molar-refractivity contribution is 5.97. The number of amides is 2. The lowest BCUT2D eigenvalue weighted by molar-refractivity contribution is -0.132. The summed E-state index contributed by atoms with van der Waals surface area (Å²) in [6, 6.07) is 6.01. The Morgan fingerprint density at radius 2 is 1.82 bits per heavy atom. The summed E-state index contributed by atoms with van der Waals surface area (Å²) in [6.07, 6.45) is 0. The number of rotatable bonds is 4. The number of carbonyl (C=O) groups excluding carboxylic acids is 2. The second kappa shape index (κ2) is 7.35. The normalized spacial score (nSPS) is 15.7. The van der Waals surface area contributed by atoms with Crippen LogP contribution < -0.4 is 4.90 Å². The molecule has 0 saturated carbocycles. The predicted molar refractivity (Wildman–Crippen MR) is 83.1 cm³/mol. The van der Waals surface area contributed by atoms with Crippen molar-refractivity contribution in [2.75, 3.05) is 44.2 Å². The SMILES string of the molecule is CCN1CCN(C(=O)CN(C(C)=O)c2ccccc2F)CC1. The average molecular weight is 307 g/mol. The van der Waals surface area contributed by atoms with E-state index in [0.29, 0.717) is 13.1 Å². The molecule has 1 aromatic carbocycles. The Bertz CT molecular complexity index is 542. The van der Waals surface area contributed by atoms with E-state index < -0.39 is 5.82 Å². The highest BCUT2D eigenvalue weighted by Gasteiger charge is 2.24. The molecule has 2 rings (SSSR count). The third-order valence-corrected chi connectivity index (χ3v) is 3.99. The quantitative estimate of drug-likeness (QED) is 0.843. The predicted octanol–water partition coefficient (Wildman–Crippen LogP) is 1.34. The van der Waals surface area contributed by atoms with Crippen LogP contribution in [-0.2, 0) is 9.59 Å². The van der Waals surface area contributed by atoms with Gasteiger partial charge in [-0.05, 0) is 18.7 Å². The zero-order valence-electron chi connectivity index (χ0n) is 13.1. The van der Waals surface area contributed by atoms with E-state index in [1.807, 2.05) is 0 Å². The van der Waals surface area contributed by atoms with Crippen molar-refractivity contribution in [3.63, 3.8) is 0 Å². The number of hydrogen-bond acceptors (Lipinski definition) is 3. The van der Waals surface area contributed by atoms with Gasteiger partial charge >= 0.3 is 0 Å². The zero-order valence-corrected chi connectivity index (χ0v) is 13.1. The number of benzene rings is 1. The van der Waals surface area contributed by atoms with Crippen molar-refractivity contribution in [1.82, 2.24) is 9.80 Å². The second-order valence-corrected chi connectivity index (χ2v) is 5.37. The molecule has 0 aliphatic carbocycles. The van der Waals surface area contributed by atoms with Gasteiger partial charge in [-0.25, -0.2) is 4.39 Å². The Kier molecular flexibility index (Phi) is 5.49. The molecular formula is C16H22FN3O2. The van der Waals surface area contributed by atoms with Gasteiger partial charge in [0.05, 0.1) is 5.69 Å². The van der Waals surface area contributed by atoms with Gasteiger partial charge in [-0.3, -0.25) is 9.59 Å². The third-order valence-electron chi connectivity index (χ3n) is 3.99. The highest BCUT2D eigenvalue weighted by atomic mass is 19.1. The number of para-hydroxylation sites is 1. The summed E-state index contributed by atoms with van der Waals surface area (Å²) in [6.45, 7) is 7.25. The van der Waals surface area contributed by atoms with Crippen LogP contribution in [0.15, 0.2) is 24.3 Å². The first-order chi connectivity index (χ1) is 10.5. The first kappa shape index (κ1) is 16.4. The molecule has 5 nitrogen and oxygen atoms in total. The summed E-state index contributed by atoms with van der Waals surface area (Å²) < 4.78 is 13.9. The maximum absolute atomic E-state index is 13.9. The molecule has 0 bridgehead atoms. The molecule has 1 heterocycles. The number of likely N-dealkylation sites (N-methyl/N-ethyl adjacent to an activating group) is 1. The molecule has 0 N–H and O–H groups in total. The van der Waals surface area contributed by atoms with Crippen molar-refractivity contribution in [2.24, 2.45) is 0 Å². The smallest absolute Gasteiger partial charge is 0.242 e. The first-order valence-corrected chi connectivity index (χ1v) is 7.55. The van der Waals surface area contributed by atoms with Crippen LogP contribution in [-0.4, -0.2) is 60.9 Å². The molecule has 2 amide bonds. The van der Waals surface area contributed by atoms with Crippen LogP contribution >= 0.6 is 0 Å². The summed E-state index contributed by atoms with van der Waals surface area (Å²) >= 11 is 0. The lowest BCUT2D eigenvalue weighted by Crippen LogP contribution is -2.51. The minimum atomic E-state index is -0.499. The topological polar surface area (TPSA) is 43.9 Å². The number of nitrogens with zero attached hydrogens (tertiary/aromatic N) is 3. The monoisotopic (exact) mass is 307 g/mol. The number of halogens is 1. The third kappa shape index (κ3) is 3.82. The molecule has 0 aromatic heterocycles. The number of carbonyl (C=O) groups is 2.